The lowest BCUT2D eigenvalue weighted by molar-refractivity contribution is 0.726. The van der Waals surface area contributed by atoms with Crippen LogP contribution in [0.3, 0.4) is 0 Å². The van der Waals surface area contributed by atoms with Crippen molar-refractivity contribution >= 4 is 51.6 Å². The van der Waals surface area contributed by atoms with Gasteiger partial charge < -0.3 is 16.8 Å². The number of nitrogens with one attached hydrogen (secondary N) is 1. The Labute approximate surface area is 204 Å². The lowest BCUT2D eigenvalue weighted by atomic mass is 10.1. The summed E-state index contributed by atoms with van der Waals surface area (Å²) in [7, 11) is 0. The van der Waals surface area contributed by atoms with Crippen LogP contribution in [0.25, 0.3) is 16.6 Å². The molecule has 0 saturated carbocycles. The van der Waals surface area contributed by atoms with Crippen molar-refractivity contribution in [3.8, 4) is 11.8 Å². The van der Waals surface area contributed by atoms with Crippen LogP contribution >= 0.6 is 23.2 Å². The number of nitrogens with two attached hydrogens (primary N) is 2. The normalized spacial score (nSPS) is 11.9. The summed E-state index contributed by atoms with van der Waals surface area (Å²) in [6.07, 6.45) is 1.49. The molecule has 0 saturated heterocycles. The topological polar surface area (TPSA) is 161 Å². The predicted octanol–water partition coefficient (Wildman–Crippen LogP) is 3.70. The molecule has 3 aromatic heterocycles. The maximum absolute atomic E-state index is 13.7. The number of aromatic nitrogens is 5. The number of aryl methyl sites for hydroxylation is 2. The monoisotopic (exact) mass is 495 g/mol. The third-order valence-electron chi connectivity index (χ3n) is 5.20. The van der Waals surface area contributed by atoms with Crippen LogP contribution in [0.1, 0.15) is 35.7 Å². The molecule has 5 N–H and O–H groups in total. The van der Waals surface area contributed by atoms with E-state index in [1.807, 2.05) is 6.07 Å². The van der Waals surface area contributed by atoms with Gasteiger partial charge in [0, 0.05) is 0 Å². The number of fused-ring (bicyclic) bond motifs is 1. The van der Waals surface area contributed by atoms with Gasteiger partial charge in [0.2, 0.25) is 0 Å². The molecule has 0 unspecified atom stereocenters. The highest BCUT2D eigenvalue weighted by Crippen LogP contribution is 2.30. The van der Waals surface area contributed by atoms with E-state index in [-0.39, 0.29) is 44.0 Å². The molecule has 0 aliphatic rings. The number of hydrogen-bond acceptors (Lipinski definition) is 9. The molecule has 0 spiro atoms. The molecule has 4 aromatic rings. The first kappa shape index (κ1) is 23.2. The fourth-order valence-electron chi connectivity index (χ4n) is 3.64. The molecule has 12 heteroatoms. The summed E-state index contributed by atoms with van der Waals surface area (Å²) in [5.41, 5.74) is 12.8. The molecule has 1 atom stereocenters. The number of halogens is 2. The highest BCUT2D eigenvalue weighted by molar-refractivity contribution is 6.39. The molecule has 1 aromatic carbocycles. The number of pyridine rings is 1. The van der Waals surface area contributed by atoms with E-state index < -0.39 is 11.6 Å². The zero-order valence-corrected chi connectivity index (χ0v) is 19.9. The van der Waals surface area contributed by atoms with Gasteiger partial charge in [0.05, 0.1) is 38.9 Å². The maximum Gasteiger partial charge on any atom is 0.267 e. The summed E-state index contributed by atoms with van der Waals surface area (Å²) < 4.78 is 1.40. The van der Waals surface area contributed by atoms with Crippen LogP contribution in [-0.4, -0.2) is 24.5 Å². The van der Waals surface area contributed by atoms with Crippen LogP contribution in [0, 0.1) is 25.2 Å². The van der Waals surface area contributed by atoms with Crippen LogP contribution in [0.4, 0.5) is 17.5 Å². The Morgan fingerprint density at radius 1 is 1.15 bits per heavy atom. The summed E-state index contributed by atoms with van der Waals surface area (Å²) in [6.45, 7) is 5.22. The number of nitrogens with zero attached hydrogens (tertiary/aromatic N) is 6. The van der Waals surface area contributed by atoms with Crippen molar-refractivity contribution < 1.29 is 0 Å². The largest absolute Gasteiger partial charge is 0.384 e. The molecule has 0 radical (unpaired) electrons. The fraction of sp³-hybridized carbons (Fsp3) is 0.182. The Morgan fingerprint density at radius 2 is 1.85 bits per heavy atom. The standard InChI is InChI=1S/C22H19Cl2N9O/c1-9-6-16(26)28-8-15(9)33-21(32-18-14(24)5-4-13(23)17(18)22(33)34)10(2)29-20-12(7-25)19(27)30-11(3)31-20/h4-6,8,10H,1-3H3,(H2,26,28)(H3,27,29,30,31)/t10-/m0/s1. The second-order valence-electron chi connectivity index (χ2n) is 7.62. The predicted molar refractivity (Wildman–Crippen MR) is 132 cm³/mol. The average Bonchev–Trinajstić information content (AvgIpc) is 2.76. The Kier molecular flexibility index (Phi) is 6.00. The summed E-state index contributed by atoms with van der Waals surface area (Å²) in [5.74, 6) is 1.23. The SMILES string of the molecule is Cc1nc(N)c(C#N)c(N[C@@H](C)c2nc3c(Cl)ccc(Cl)c3c(=O)n2-c2cnc(N)cc2C)n1. The van der Waals surface area contributed by atoms with Gasteiger partial charge in [-0.2, -0.15) is 5.26 Å². The number of rotatable bonds is 4. The first-order valence-corrected chi connectivity index (χ1v) is 10.8. The molecule has 34 heavy (non-hydrogen) atoms. The van der Waals surface area contributed by atoms with E-state index in [0.29, 0.717) is 22.9 Å². The highest BCUT2D eigenvalue weighted by Gasteiger charge is 2.23. The van der Waals surface area contributed by atoms with Crippen molar-refractivity contribution in [3.63, 3.8) is 0 Å². The number of nitriles is 1. The molecule has 3 heterocycles. The van der Waals surface area contributed by atoms with Gasteiger partial charge in [0.25, 0.3) is 5.56 Å². The highest BCUT2D eigenvalue weighted by atomic mass is 35.5. The minimum atomic E-state index is -0.634. The first-order valence-electron chi connectivity index (χ1n) is 10.1. The van der Waals surface area contributed by atoms with E-state index in [1.165, 1.54) is 10.8 Å². The van der Waals surface area contributed by atoms with Gasteiger partial charge in [-0.1, -0.05) is 23.2 Å². The zero-order chi connectivity index (χ0) is 24.7. The third-order valence-corrected chi connectivity index (χ3v) is 5.82. The second kappa shape index (κ2) is 8.78. The van der Waals surface area contributed by atoms with E-state index in [2.05, 4.69) is 20.3 Å². The van der Waals surface area contributed by atoms with Gasteiger partial charge in [0.15, 0.2) is 5.82 Å². The number of anilines is 3. The van der Waals surface area contributed by atoms with Gasteiger partial charge in [-0.15, -0.1) is 0 Å². The minimum absolute atomic E-state index is 0.0435. The summed E-state index contributed by atoms with van der Waals surface area (Å²) in [4.78, 5) is 30.9. The Hall–Kier alpha value is -3.94. The molecular weight excluding hydrogens is 477 g/mol. The lowest BCUT2D eigenvalue weighted by Crippen LogP contribution is -2.28. The Bertz CT molecular complexity index is 1560. The molecule has 0 bridgehead atoms. The van der Waals surface area contributed by atoms with Crippen LogP contribution in [0.5, 0.6) is 0 Å². The van der Waals surface area contributed by atoms with Crippen molar-refractivity contribution in [2.45, 2.75) is 26.8 Å². The Morgan fingerprint density at radius 3 is 2.53 bits per heavy atom. The van der Waals surface area contributed by atoms with E-state index in [1.54, 1.807) is 39.0 Å². The van der Waals surface area contributed by atoms with Crippen molar-refractivity contribution in [1.82, 2.24) is 24.5 Å². The molecular formula is C22H19Cl2N9O. The molecule has 4 rings (SSSR count). The van der Waals surface area contributed by atoms with E-state index in [9.17, 15) is 10.1 Å². The average molecular weight is 496 g/mol. The summed E-state index contributed by atoms with van der Waals surface area (Å²) in [6, 6.07) is 6.13. The van der Waals surface area contributed by atoms with Crippen LogP contribution in [0.2, 0.25) is 10.0 Å². The van der Waals surface area contributed by atoms with Gasteiger partial charge >= 0.3 is 0 Å². The molecule has 0 aliphatic carbocycles. The van der Waals surface area contributed by atoms with Gasteiger partial charge in [0.1, 0.15) is 34.9 Å². The maximum atomic E-state index is 13.7. The zero-order valence-electron chi connectivity index (χ0n) is 18.4. The number of benzene rings is 1. The van der Waals surface area contributed by atoms with Crippen molar-refractivity contribution in [1.29, 1.82) is 5.26 Å². The first-order chi connectivity index (χ1) is 16.1. The minimum Gasteiger partial charge on any atom is -0.384 e. The van der Waals surface area contributed by atoms with Crippen LogP contribution in [-0.2, 0) is 0 Å². The van der Waals surface area contributed by atoms with Gasteiger partial charge in [-0.05, 0) is 44.5 Å². The Balaban J connectivity index is 2.01. The number of nitrogen functional groups attached to an aromatic ring is 2. The van der Waals surface area contributed by atoms with E-state index >= 15 is 0 Å². The molecule has 10 nitrogen and oxygen atoms in total. The third kappa shape index (κ3) is 3.96. The lowest BCUT2D eigenvalue weighted by Gasteiger charge is -2.22. The molecule has 172 valence electrons. The van der Waals surface area contributed by atoms with Crippen molar-refractivity contribution in [3.05, 3.63) is 67.6 Å². The quantitative estimate of drug-likeness (QED) is 0.382. The van der Waals surface area contributed by atoms with Crippen LogP contribution in [0.15, 0.2) is 29.2 Å². The van der Waals surface area contributed by atoms with Gasteiger partial charge in [-0.25, -0.2) is 19.9 Å². The van der Waals surface area contributed by atoms with E-state index in [4.69, 9.17) is 39.7 Å². The molecule has 0 fully saturated rings. The summed E-state index contributed by atoms with van der Waals surface area (Å²) in [5, 5.41) is 13.3. The second-order valence-corrected chi connectivity index (χ2v) is 8.43. The summed E-state index contributed by atoms with van der Waals surface area (Å²) >= 11 is 12.7. The van der Waals surface area contributed by atoms with Crippen molar-refractivity contribution in [2.24, 2.45) is 0 Å². The van der Waals surface area contributed by atoms with Crippen LogP contribution < -0.4 is 22.3 Å². The number of hydrogen-bond donors (Lipinski definition) is 3. The van der Waals surface area contributed by atoms with Gasteiger partial charge in [-0.3, -0.25) is 9.36 Å². The molecule has 0 amide bonds. The van der Waals surface area contributed by atoms with Crippen molar-refractivity contribution in [2.75, 3.05) is 16.8 Å². The molecule has 0 aliphatic heterocycles. The smallest absolute Gasteiger partial charge is 0.267 e. The fourth-order valence-corrected chi connectivity index (χ4v) is 4.07. The van der Waals surface area contributed by atoms with E-state index in [0.717, 1.165) is 0 Å².